The number of carbonyl (C=O) groups excluding carboxylic acids is 1. The smallest absolute Gasteiger partial charge is 0.240 e. The zero-order valence-electron chi connectivity index (χ0n) is 15.4. The fourth-order valence-electron chi connectivity index (χ4n) is 2.60. The van der Waals surface area contributed by atoms with Crippen LogP contribution in [0.25, 0.3) is 0 Å². The van der Waals surface area contributed by atoms with Crippen molar-refractivity contribution in [3.05, 3.63) is 47.4 Å². The van der Waals surface area contributed by atoms with Gasteiger partial charge in [-0.05, 0) is 49.2 Å². The van der Waals surface area contributed by atoms with Gasteiger partial charge in [-0.3, -0.25) is 4.79 Å². The van der Waals surface area contributed by atoms with Crippen LogP contribution in [0.3, 0.4) is 0 Å². The van der Waals surface area contributed by atoms with Gasteiger partial charge in [0.25, 0.3) is 0 Å². The second kappa shape index (κ2) is 8.37. The standard InChI is InChI=1S/C18H24N2O5S/c1-13-11-18(14(2)10-17(13)24-4)26(22,23)19-7-8-20(15(3)21)12-16-6-5-9-25-16/h5-6,9-11,19H,7-8,12H2,1-4H3. The van der Waals surface area contributed by atoms with Gasteiger partial charge in [0.1, 0.15) is 11.5 Å². The highest BCUT2D eigenvalue weighted by atomic mass is 32.2. The molecule has 2 rings (SSSR count). The third-order valence-electron chi connectivity index (χ3n) is 4.03. The van der Waals surface area contributed by atoms with Crippen LogP contribution in [0.2, 0.25) is 0 Å². The molecule has 1 N–H and O–H groups in total. The highest BCUT2D eigenvalue weighted by molar-refractivity contribution is 7.89. The molecule has 142 valence electrons. The number of carbonyl (C=O) groups is 1. The van der Waals surface area contributed by atoms with Crippen molar-refractivity contribution in [2.75, 3.05) is 20.2 Å². The number of sulfonamides is 1. The molecule has 0 saturated heterocycles. The van der Waals surface area contributed by atoms with E-state index in [1.807, 2.05) is 0 Å². The van der Waals surface area contributed by atoms with E-state index in [-0.39, 0.29) is 23.9 Å². The molecule has 1 amide bonds. The van der Waals surface area contributed by atoms with Crippen LogP contribution in [0.1, 0.15) is 23.8 Å². The van der Waals surface area contributed by atoms with E-state index >= 15 is 0 Å². The molecular weight excluding hydrogens is 356 g/mol. The lowest BCUT2D eigenvalue weighted by Crippen LogP contribution is -2.37. The van der Waals surface area contributed by atoms with E-state index in [2.05, 4.69) is 4.72 Å². The molecule has 7 nitrogen and oxygen atoms in total. The van der Waals surface area contributed by atoms with Crippen molar-refractivity contribution in [1.29, 1.82) is 0 Å². The van der Waals surface area contributed by atoms with Crippen molar-refractivity contribution in [3.8, 4) is 5.75 Å². The van der Waals surface area contributed by atoms with Crippen molar-refractivity contribution in [2.24, 2.45) is 0 Å². The number of benzene rings is 1. The molecule has 26 heavy (non-hydrogen) atoms. The highest BCUT2D eigenvalue weighted by Crippen LogP contribution is 2.25. The molecule has 0 fully saturated rings. The van der Waals surface area contributed by atoms with Crippen LogP contribution in [-0.4, -0.2) is 39.4 Å². The molecule has 0 saturated carbocycles. The van der Waals surface area contributed by atoms with Crippen LogP contribution in [0, 0.1) is 13.8 Å². The van der Waals surface area contributed by atoms with Gasteiger partial charge in [-0.1, -0.05) is 0 Å². The summed E-state index contributed by atoms with van der Waals surface area (Å²) in [5.41, 5.74) is 1.33. The minimum Gasteiger partial charge on any atom is -0.496 e. The Kier molecular flexibility index (Phi) is 6.44. The first-order valence-corrected chi connectivity index (χ1v) is 9.65. The first kappa shape index (κ1) is 20.0. The molecule has 1 heterocycles. The minimum atomic E-state index is -3.69. The predicted molar refractivity (Wildman–Crippen MR) is 97.5 cm³/mol. The molecule has 8 heteroatoms. The number of aryl methyl sites for hydroxylation is 2. The zero-order chi connectivity index (χ0) is 19.3. The van der Waals surface area contributed by atoms with Crippen LogP contribution in [0.4, 0.5) is 0 Å². The van der Waals surface area contributed by atoms with Gasteiger partial charge in [0, 0.05) is 20.0 Å². The van der Waals surface area contributed by atoms with Gasteiger partial charge in [-0.2, -0.15) is 0 Å². The summed E-state index contributed by atoms with van der Waals surface area (Å²) < 4.78 is 38.2. The van der Waals surface area contributed by atoms with Crippen molar-refractivity contribution < 1.29 is 22.4 Å². The topological polar surface area (TPSA) is 88.8 Å². The van der Waals surface area contributed by atoms with Crippen LogP contribution in [0.15, 0.2) is 39.8 Å². The summed E-state index contributed by atoms with van der Waals surface area (Å²) in [5.74, 6) is 1.13. The molecule has 0 aliphatic rings. The summed E-state index contributed by atoms with van der Waals surface area (Å²) >= 11 is 0. The molecule has 1 aromatic carbocycles. The zero-order valence-corrected chi connectivity index (χ0v) is 16.2. The summed E-state index contributed by atoms with van der Waals surface area (Å²) in [6, 6.07) is 6.79. The van der Waals surface area contributed by atoms with Gasteiger partial charge in [0.05, 0.1) is 24.8 Å². The Balaban J connectivity index is 2.05. The SMILES string of the molecule is COc1cc(C)c(S(=O)(=O)NCCN(Cc2ccco2)C(C)=O)cc1C. The normalized spacial score (nSPS) is 11.4. The lowest BCUT2D eigenvalue weighted by atomic mass is 10.1. The van der Waals surface area contributed by atoms with E-state index in [9.17, 15) is 13.2 Å². The number of furan rings is 1. The number of ether oxygens (including phenoxy) is 1. The average Bonchev–Trinajstić information content (AvgIpc) is 3.08. The Morgan fingerprint density at radius 2 is 2.00 bits per heavy atom. The van der Waals surface area contributed by atoms with Crippen molar-refractivity contribution in [2.45, 2.75) is 32.2 Å². The summed E-state index contributed by atoms with van der Waals surface area (Å²) in [6.45, 7) is 5.59. The quantitative estimate of drug-likeness (QED) is 0.759. The molecule has 0 aliphatic heterocycles. The molecule has 0 bridgehead atoms. The van der Waals surface area contributed by atoms with E-state index < -0.39 is 10.0 Å². The van der Waals surface area contributed by atoms with Crippen molar-refractivity contribution in [3.63, 3.8) is 0 Å². The number of hydrogen-bond acceptors (Lipinski definition) is 5. The summed E-state index contributed by atoms with van der Waals surface area (Å²) in [6.07, 6.45) is 1.53. The minimum absolute atomic E-state index is 0.104. The number of nitrogens with zero attached hydrogens (tertiary/aromatic N) is 1. The van der Waals surface area contributed by atoms with Crippen LogP contribution in [-0.2, 0) is 21.4 Å². The van der Waals surface area contributed by atoms with E-state index in [1.54, 1.807) is 45.2 Å². The lowest BCUT2D eigenvalue weighted by molar-refractivity contribution is -0.129. The summed E-state index contributed by atoms with van der Waals surface area (Å²) in [7, 11) is -2.14. The van der Waals surface area contributed by atoms with Gasteiger partial charge in [-0.15, -0.1) is 0 Å². The van der Waals surface area contributed by atoms with Crippen molar-refractivity contribution >= 4 is 15.9 Å². The monoisotopic (exact) mass is 380 g/mol. The summed E-state index contributed by atoms with van der Waals surface area (Å²) in [4.78, 5) is 13.5. The second-order valence-corrected chi connectivity index (χ2v) is 7.74. The number of rotatable bonds is 8. The largest absolute Gasteiger partial charge is 0.496 e. The van der Waals surface area contributed by atoms with Gasteiger partial charge >= 0.3 is 0 Å². The van der Waals surface area contributed by atoms with Gasteiger partial charge in [-0.25, -0.2) is 13.1 Å². The summed E-state index contributed by atoms with van der Waals surface area (Å²) in [5, 5.41) is 0. The van der Waals surface area contributed by atoms with Gasteiger partial charge in [0.2, 0.25) is 15.9 Å². The predicted octanol–water partition coefficient (Wildman–Crippen LogP) is 2.23. The second-order valence-electron chi connectivity index (χ2n) is 6.01. The first-order chi connectivity index (χ1) is 12.2. The number of hydrogen-bond donors (Lipinski definition) is 1. The van der Waals surface area contributed by atoms with Crippen LogP contribution >= 0.6 is 0 Å². The van der Waals surface area contributed by atoms with Crippen LogP contribution in [0.5, 0.6) is 5.75 Å². The van der Waals surface area contributed by atoms with E-state index in [1.165, 1.54) is 18.1 Å². The van der Waals surface area contributed by atoms with Gasteiger partial charge < -0.3 is 14.1 Å². The highest BCUT2D eigenvalue weighted by Gasteiger charge is 2.19. The molecular formula is C18H24N2O5S. The molecule has 2 aromatic rings. The Hall–Kier alpha value is -2.32. The number of nitrogens with one attached hydrogen (secondary N) is 1. The maximum atomic E-state index is 12.6. The van der Waals surface area contributed by atoms with Crippen molar-refractivity contribution in [1.82, 2.24) is 9.62 Å². The molecule has 0 aliphatic carbocycles. The third-order valence-corrected chi connectivity index (χ3v) is 5.63. The Labute approximate surface area is 154 Å². The Morgan fingerprint density at radius 3 is 2.58 bits per heavy atom. The lowest BCUT2D eigenvalue weighted by Gasteiger charge is -2.20. The Morgan fingerprint density at radius 1 is 1.27 bits per heavy atom. The molecule has 1 aromatic heterocycles. The van der Waals surface area contributed by atoms with E-state index in [4.69, 9.17) is 9.15 Å². The third kappa shape index (κ3) is 4.86. The van der Waals surface area contributed by atoms with Gasteiger partial charge in [0.15, 0.2) is 0 Å². The first-order valence-electron chi connectivity index (χ1n) is 8.17. The fourth-order valence-corrected chi connectivity index (χ4v) is 3.93. The molecule has 0 atom stereocenters. The average molecular weight is 380 g/mol. The molecule has 0 unspecified atom stereocenters. The maximum Gasteiger partial charge on any atom is 0.240 e. The van der Waals surface area contributed by atoms with Crippen LogP contribution < -0.4 is 9.46 Å². The number of methoxy groups -OCH3 is 1. The van der Waals surface area contributed by atoms with E-state index in [0.717, 1.165) is 5.56 Å². The Bertz CT molecular complexity index is 860. The molecule has 0 radical (unpaired) electrons. The molecule has 0 spiro atoms. The van der Waals surface area contributed by atoms with E-state index in [0.29, 0.717) is 23.6 Å². The maximum absolute atomic E-state index is 12.6. The number of amides is 1. The fraction of sp³-hybridized carbons (Fsp3) is 0.389.